The van der Waals surface area contributed by atoms with Crippen molar-refractivity contribution in [2.75, 3.05) is 6.61 Å². The van der Waals surface area contributed by atoms with Crippen molar-refractivity contribution in [1.29, 1.82) is 0 Å². The van der Waals surface area contributed by atoms with Gasteiger partial charge in [-0.1, -0.05) is 31.5 Å². The summed E-state index contributed by atoms with van der Waals surface area (Å²) in [5, 5.41) is 33.3. The Labute approximate surface area is 162 Å². The van der Waals surface area contributed by atoms with Crippen LogP contribution in [0.1, 0.15) is 32.3 Å². The Hall–Kier alpha value is -1.94. The summed E-state index contributed by atoms with van der Waals surface area (Å²) in [6.45, 7) is 4.31. The Bertz CT molecular complexity index is 729. The molecule has 10 heteroatoms. The van der Waals surface area contributed by atoms with Gasteiger partial charge in [0.25, 0.3) is 5.70 Å². The number of hydrogen-bond acceptors (Lipinski definition) is 8. The number of aromatic nitrogens is 1. The second kappa shape index (κ2) is 7.97. The molecule has 4 atom stereocenters. The molecular weight excluding hydrogens is 376 g/mol. The van der Waals surface area contributed by atoms with Gasteiger partial charge in [-0.2, -0.15) is 0 Å². The average Bonchev–Trinajstić information content (AvgIpc) is 2.86. The molecule has 3 rings (SSSR count). The van der Waals surface area contributed by atoms with Crippen LogP contribution in [0.5, 0.6) is 0 Å². The highest BCUT2D eigenvalue weighted by Gasteiger charge is 2.53. The van der Waals surface area contributed by atoms with Crippen LogP contribution in [-0.4, -0.2) is 55.2 Å². The van der Waals surface area contributed by atoms with Gasteiger partial charge in [0.2, 0.25) is 0 Å². The van der Waals surface area contributed by atoms with Crippen molar-refractivity contribution in [3.8, 4) is 0 Å². The molecule has 2 N–H and O–H groups in total. The van der Waals surface area contributed by atoms with Crippen molar-refractivity contribution >= 4 is 11.6 Å². The third kappa shape index (κ3) is 3.73. The topological polar surface area (TPSA) is 112 Å². The lowest BCUT2D eigenvalue weighted by atomic mass is 9.98. The molecule has 2 aliphatic rings. The van der Waals surface area contributed by atoms with Crippen molar-refractivity contribution < 1.29 is 19.9 Å². The van der Waals surface area contributed by atoms with Crippen molar-refractivity contribution in [2.45, 2.75) is 51.9 Å². The van der Waals surface area contributed by atoms with Crippen LogP contribution in [0.25, 0.3) is 0 Å². The Balaban J connectivity index is 2.01. The molecule has 4 unspecified atom stereocenters. The van der Waals surface area contributed by atoms with Crippen LogP contribution in [0, 0.1) is 16.0 Å². The maximum Gasteiger partial charge on any atom is 0.289 e. The third-order valence-corrected chi connectivity index (χ3v) is 5.03. The van der Waals surface area contributed by atoms with Gasteiger partial charge in [0.05, 0.1) is 10.8 Å². The fraction of sp³-hybridized carbons (Fsp3) is 0.588. The van der Waals surface area contributed by atoms with Crippen LogP contribution < -0.4 is 0 Å². The van der Waals surface area contributed by atoms with Crippen molar-refractivity contribution in [3.05, 3.63) is 50.7 Å². The molecule has 0 amide bonds. The van der Waals surface area contributed by atoms with Gasteiger partial charge < -0.3 is 19.8 Å². The zero-order valence-corrected chi connectivity index (χ0v) is 15.9. The summed E-state index contributed by atoms with van der Waals surface area (Å²) in [5.41, 5.74) is 0.663. The van der Waals surface area contributed by atoms with E-state index in [0.717, 1.165) is 6.42 Å². The lowest BCUT2D eigenvalue weighted by Crippen LogP contribution is -2.47. The molecule has 0 saturated carbocycles. The summed E-state index contributed by atoms with van der Waals surface area (Å²) >= 11 is 5.80. The monoisotopic (exact) mass is 398 g/mol. The maximum absolute atomic E-state index is 11.7. The summed E-state index contributed by atoms with van der Waals surface area (Å²) in [6, 6.07) is 3.33. The normalized spacial score (nSPS) is 27.9. The van der Waals surface area contributed by atoms with Gasteiger partial charge in [0, 0.05) is 25.8 Å². The number of nitrogens with zero attached hydrogens (tertiary/aromatic N) is 4. The standard InChI is InChI=1S/C17H23ClN4O5/c1-3-6-27-13-7-10(2)14(22(25)26)15-20(16(23)17(24)21(13)15)9-11-4-5-12(18)19-8-11/h4-5,8,10,13,16-17,23-24H,3,6-7,9H2,1-2H3. The molecule has 2 aliphatic heterocycles. The summed E-state index contributed by atoms with van der Waals surface area (Å²) in [7, 11) is 0. The second-order valence-electron chi connectivity index (χ2n) is 6.78. The predicted octanol–water partition coefficient (Wildman–Crippen LogP) is 1.73. The van der Waals surface area contributed by atoms with Gasteiger partial charge in [-0.05, 0) is 18.1 Å². The van der Waals surface area contributed by atoms with E-state index >= 15 is 0 Å². The quantitative estimate of drug-likeness (QED) is 0.423. The van der Waals surface area contributed by atoms with E-state index in [4.69, 9.17) is 16.3 Å². The minimum absolute atomic E-state index is 0.0381. The number of aliphatic hydroxyl groups excluding tert-OH is 2. The predicted molar refractivity (Wildman–Crippen MR) is 96.5 cm³/mol. The highest BCUT2D eigenvalue weighted by Crippen LogP contribution is 2.41. The van der Waals surface area contributed by atoms with E-state index in [1.807, 2.05) is 6.92 Å². The van der Waals surface area contributed by atoms with Crippen LogP contribution in [0.4, 0.5) is 0 Å². The number of rotatable bonds is 6. The zero-order chi connectivity index (χ0) is 19.7. The molecule has 0 bridgehead atoms. The van der Waals surface area contributed by atoms with Gasteiger partial charge in [-0.15, -0.1) is 0 Å². The van der Waals surface area contributed by atoms with E-state index < -0.39 is 29.5 Å². The summed E-state index contributed by atoms with van der Waals surface area (Å²) in [5.74, 6) is -0.203. The Morgan fingerprint density at radius 1 is 1.41 bits per heavy atom. The third-order valence-electron chi connectivity index (χ3n) is 4.80. The lowest BCUT2D eigenvalue weighted by Gasteiger charge is -2.37. The molecule has 1 fully saturated rings. The lowest BCUT2D eigenvalue weighted by molar-refractivity contribution is -0.440. The van der Waals surface area contributed by atoms with Crippen molar-refractivity contribution in [3.63, 3.8) is 0 Å². The van der Waals surface area contributed by atoms with E-state index in [-0.39, 0.29) is 18.1 Å². The van der Waals surface area contributed by atoms with Gasteiger partial charge >= 0.3 is 0 Å². The average molecular weight is 399 g/mol. The fourth-order valence-corrected chi connectivity index (χ4v) is 3.68. The highest BCUT2D eigenvalue weighted by atomic mass is 35.5. The summed E-state index contributed by atoms with van der Waals surface area (Å²) in [6.07, 6.45) is -0.531. The number of halogens is 1. The summed E-state index contributed by atoms with van der Waals surface area (Å²) < 4.78 is 5.82. The molecule has 0 spiro atoms. The van der Waals surface area contributed by atoms with Gasteiger partial charge in [-0.3, -0.25) is 15.0 Å². The first-order chi connectivity index (χ1) is 12.8. The molecule has 1 aromatic heterocycles. The minimum atomic E-state index is -1.33. The van der Waals surface area contributed by atoms with Crippen molar-refractivity contribution in [2.24, 2.45) is 5.92 Å². The molecule has 148 valence electrons. The van der Waals surface area contributed by atoms with Crippen LogP contribution in [0.3, 0.4) is 0 Å². The van der Waals surface area contributed by atoms with Crippen LogP contribution in [-0.2, 0) is 11.3 Å². The number of hydrogen-bond donors (Lipinski definition) is 2. The zero-order valence-electron chi connectivity index (χ0n) is 15.2. The van der Waals surface area contributed by atoms with Crippen molar-refractivity contribution in [1.82, 2.24) is 14.8 Å². The molecule has 0 aliphatic carbocycles. The Kier molecular flexibility index (Phi) is 5.85. The molecule has 27 heavy (non-hydrogen) atoms. The van der Waals surface area contributed by atoms with E-state index in [1.54, 1.807) is 19.1 Å². The fourth-order valence-electron chi connectivity index (χ4n) is 3.57. The van der Waals surface area contributed by atoms with Gasteiger partial charge in [0.15, 0.2) is 18.3 Å². The van der Waals surface area contributed by atoms with E-state index in [1.165, 1.54) is 16.0 Å². The molecule has 0 aromatic carbocycles. The second-order valence-corrected chi connectivity index (χ2v) is 7.17. The minimum Gasteiger partial charge on any atom is -0.369 e. The number of ether oxygens (including phenoxy) is 1. The number of fused-ring (bicyclic) bond motifs is 1. The molecular formula is C17H23ClN4O5. The van der Waals surface area contributed by atoms with Gasteiger partial charge in [-0.25, -0.2) is 4.98 Å². The van der Waals surface area contributed by atoms with Crippen LogP contribution in [0.2, 0.25) is 5.15 Å². The van der Waals surface area contributed by atoms with Gasteiger partial charge in [0.1, 0.15) is 11.4 Å². The maximum atomic E-state index is 11.7. The Morgan fingerprint density at radius 3 is 2.74 bits per heavy atom. The van der Waals surface area contributed by atoms with E-state index in [0.29, 0.717) is 23.7 Å². The number of pyridine rings is 1. The number of allylic oxidation sites excluding steroid dienone is 1. The largest absolute Gasteiger partial charge is 0.369 e. The first-order valence-electron chi connectivity index (χ1n) is 8.86. The molecule has 0 radical (unpaired) electrons. The highest BCUT2D eigenvalue weighted by molar-refractivity contribution is 6.29. The SMILES string of the molecule is CCCOC1CC(C)C([N+](=O)[O-])=C2N(Cc3ccc(Cl)nc3)C(O)C(O)N21. The first kappa shape index (κ1) is 19.8. The number of nitro groups is 1. The van der Waals surface area contributed by atoms with Crippen LogP contribution >= 0.6 is 11.6 Å². The molecule has 1 saturated heterocycles. The molecule has 9 nitrogen and oxygen atoms in total. The molecule has 1 aromatic rings. The number of aliphatic hydroxyl groups is 2. The van der Waals surface area contributed by atoms with E-state index in [9.17, 15) is 20.3 Å². The summed E-state index contributed by atoms with van der Waals surface area (Å²) in [4.78, 5) is 18.1. The Morgan fingerprint density at radius 2 is 2.15 bits per heavy atom. The van der Waals surface area contributed by atoms with Crippen LogP contribution in [0.15, 0.2) is 29.8 Å². The smallest absolute Gasteiger partial charge is 0.289 e. The van der Waals surface area contributed by atoms with E-state index in [2.05, 4.69) is 4.98 Å². The molecule has 3 heterocycles. The first-order valence-corrected chi connectivity index (χ1v) is 9.24.